The average Bonchev–Trinajstić information content (AvgIpc) is 1.62. The minimum absolute atomic E-state index is 0.0608. The Morgan fingerprint density at radius 2 is 1.88 bits per heavy atom. The molecule has 0 radical (unpaired) electrons. The molecule has 0 saturated carbocycles. The molecule has 0 heterocycles. The Morgan fingerprint density at radius 3 is 1.88 bits per heavy atom. The smallest absolute Gasteiger partial charge is 0.111 e. The van der Waals surface area contributed by atoms with Crippen molar-refractivity contribution in [1.29, 1.82) is 0 Å². The van der Waals surface area contributed by atoms with Crippen LogP contribution in [0.3, 0.4) is 0 Å². The lowest BCUT2D eigenvalue weighted by Crippen LogP contribution is -2.09. The van der Waals surface area contributed by atoms with Gasteiger partial charge in [0.2, 0.25) is 0 Å². The van der Waals surface area contributed by atoms with E-state index in [9.17, 15) is 4.39 Å². The van der Waals surface area contributed by atoms with E-state index in [1.54, 1.807) is 0 Å². The van der Waals surface area contributed by atoms with E-state index in [-0.39, 0.29) is 5.41 Å². The fourth-order valence-corrected chi connectivity index (χ4v) is 0.200. The van der Waals surface area contributed by atoms with Crippen LogP contribution in [-0.4, -0.2) is 6.67 Å². The molecule has 0 atom stereocenters. The van der Waals surface area contributed by atoms with Gasteiger partial charge in [0.25, 0.3) is 0 Å². The van der Waals surface area contributed by atoms with E-state index < -0.39 is 6.67 Å². The third kappa shape index (κ3) is 2.10. The van der Waals surface area contributed by atoms with E-state index in [1.165, 1.54) is 0 Å². The summed E-state index contributed by atoms with van der Waals surface area (Å²) in [7, 11) is 0. The van der Waals surface area contributed by atoms with Gasteiger partial charge in [-0.3, -0.25) is 0 Å². The molecule has 0 rings (SSSR count). The lowest BCUT2D eigenvalue weighted by atomic mass is 9.89. The SMILES string of the molecule is C=C(CF)C(C)(C)C. The molecule has 0 aliphatic carbocycles. The van der Waals surface area contributed by atoms with Gasteiger partial charge in [0, 0.05) is 0 Å². The summed E-state index contributed by atoms with van der Waals surface area (Å²) in [5.74, 6) is 0. The number of hydrogen-bond donors (Lipinski definition) is 0. The summed E-state index contributed by atoms with van der Waals surface area (Å²) >= 11 is 0. The van der Waals surface area contributed by atoms with Crippen molar-refractivity contribution in [2.75, 3.05) is 6.67 Å². The van der Waals surface area contributed by atoms with Crippen molar-refractivity contribution in [3.63, 3.8) is 0 Å². The fourth-order valence-electron chi connectivity index (χ4n) is 0.200. The van der Waals surface area contributed by atoms with Crippen molar-refractivity contribution < 1.29 is 4.39 Å². The fraction of sp³-hybridized carbons (Fsp3) is 0.714. The molecule has 8 heavy (non-hydrogen) atoms. The quantitative estimate of drug-likeness (QED) is 0.462. The molecule has 0 fully saturated rings. The minimum Gasteiger partial charge on any atom is -0.246 e. The van der Waals surface area contributed by atoms with E-state index in [1.807, 2.05) is 20.8 Å². The molecule has 0 bridgehead atoms. The average molecular weight is 116 g/mol. The van der Waals surface area contributed by atoms with Crippen LogP contribution in [-0.2, 0) is 0 Å². The van der Waals surface area contributed by atoms with Crippen LogP contribution in [0, 0.1) is 5.41 Å². The summed E-state index contributed by atoms with van der Waals surface area (Å²) in [5, 5.41) is 0. The highest BCUT2D eigenvalue weighted by Crippen LogP contribution is 2.22. The molecule has 1 heteroatoms. The van der Waals surface area contributed by atoms with E-state index in [0.717, 1.165) is 0 Å². The highest BCUT2D eigenvalue weighted by molar-refractivity contribution is 5.04. The van der Waals surface area contributed by atoms with E-state index in [4.69, 9.17) is 0 Å². The third-order valence-electron chi connectivity index (χ3n) is 1.22. The zero-order chi connectivity index (χ0) is 6.78. The number of hydrogen-bond acceptors (Lipinski definition) is 0. The maximum absolute atomic E-state index is 11.8. The Hall–Kier alpha value is -0.330. The van der Waals surface area contributed by atoms with E-state index in [0.29, 0.717) is 5.57 Å². The number of halogens is 1. The first-order valence-electron chi connectivity index (χ1n) is 2.72. The summed E-state index contributed by atoms with van der Waals surface area (Å²) in [6.07, 6.45) is 0. The Bertz CT molecular complexity index is 87.1. The Kier molecular flexibility index (Phi) is 2.20. The maximum Gasteiger partial charge on any atom is 0.111 e. The molecular weight excluding hydrogens is 103 g/mol. The first-order chi connectivity index (χ1) is 3.48. The van der Waals surface area contributed by atoms with Crippen LogP contribution in [0.25, 0.3) is 0 Å². The number of alkyl halides is 1. The molecule has 0 aromatic carbocycles. The highest BCUT2D eigenvalue weighted by Gasteiger charge is 2.13. The second-order valence-corrected chi connectivity index (χ2v) is 2.99. The number of allylic oxidation sites excluding steroid dienone is 1. The molecule has 0 aromatic rings. The topological polar surface area (TPSA) is 0 Å². The van der Waals surface area contributed by atoms with Gasteiger partial charge < -0.3 is 0 Å². The normalized spacial score (nSPS) is 11.5. The van der Waals surface area contributed by atoms with Crippen molar-refractivity contribution in [3.05, 3.63) is 12.2 Å². The van der Waals surface area contributed by atoms with Gasteiger partial charge in [-0.2, -0.15) is 0 Å². The largest absolute Gasteiger partial charge is 0.246 e. The zero-order valence-corrected chi connectivity index (χ0v) is 5.79. The maximum atomic E-state index is 11.8. The highest BCUT2D eigenvalue weighted by atomic mass is 19.1. The molecule has 0 saturated heterocycles. The summed E-state index contributed by atoms with van der Waals surface area (Å²) < 4.78 is 11.8. The second kappa shape index (κ2) is 2.29. The van der Waals surface area contributed by atoms with Crippen LogP contribution in [0.1, 0.15) is 20.8 Å². The summed E-state index contributed by atoms with van der Waals surface area (Å²) in [5.41, 5.74) is 0.604. The summed E-state index contributed by atoms with van der Waals surface area (Å²) in [4.78, 5) is 0. The third-order valence-corrected chi connectivity index (χ3v) is 1.22. The summed E-state index contributed by atoms with van der Waals surface area (Å²) in [6, 6.07) is 0. The molecule has 0 N–H and O–H groups in total. The Labute approximate surface area is 50.4 Å². The predicted octanol–water partition coefficient (Wildman–Crippen LogP) is 2.56. The first-order valence-corrected chi connectivity index (χ1v) is 2.72. The van der Waals surface area contributed by atoms with Crippen molar-refractivity contribution in [2.45, 2.75) is 20.8 Å². The van der Waals surface area contributed by atoms with Gasteiger partial charge in [0.15, 0.2) is 0 Å². The predicted molar refractivity (Wildman–Crippen MR) is 34.6 cm³/mol. The lowest BCUT2D eigenvalue weighted by Gasteiger charge is -2.18. The Morgan fingerprint density at radius 1 is 1.50 bits per heavy atom. The van der Waals surface area contributed by atoms with Crippen molar-refractivity contribution in [1.82, 2.24) is 0 Å². The lowest BCUT2D eigenvalue weighted by molar-refractivity contribution is 0.426. The second-order valence-electron chi connectivity index (χ2n) is 2.99. The van der Waals surface area contributed by atoms with Crippen LogP contribution in [0.4, 0.5) is 4.39 Å². The molecule has 48 valence electrons. The van der Waals surface area contributed by atoms with Crippen LogP contribution in [0.15, 0.2) is 12.2 Å². The van der Waals surface area contributed by atoms with E-state index in [2.05, 4.69) is 6.58 Å². The van der Waals surface area contributed by atoms with Gasteiger partial charge in [-0.1, -0.05) is 27.4 Å². The molecule has 0 amide bonds. The van der Waals surface area contributed by atoms with Crippen molar-refractivity contribution in [2.24, 2.45) is 5.41 Å². The van der Waals surface area contributed by atoms with Crippen LogP contribution in [0.2, 0.25) is 0 Å². The standard InChI is InChI=1S/C7H13F/c1-6(5-8)7(2,3)4/h1,5H2,2-4H3. The molecule has 0 unspecified atom stereocenters. The molecule has 0 nitrogen and oxygen atoms in total. The van der Waals surface area contributed by atoms with Gasteiger partial charge >= 0.3 is 0 Å². The van der Waals surface area contributed by atoms with Gasteiger partial charge in [-0.05, 0) is 11.0 Å². The number of rotatable bonds is 1. The Balaban J connectivity index is 3.82. The zero-order valence-electron chi connectivity index (χ0n) is 5.79. The molecule has 0 aliphatic rings. The van der Waals surface area contributed by atoms with Gasteiger partial charge in [0.1, 0.15) is 6.67 Å². The van der Waals surface area contributed by atoms with E-state index >= 15 is 0 Å². The van der Waals surface area contributed by atoms with Crippen LogP contribution >= 0.6 is 0 Å². The summed E-state index contributed by atoms with van der Waals surface area (Å²) in [6.45, 7) is 9.03. The molecular formula is C7H13F. The monoisotopic (exact) mass is 116 g/mol. The van der Waals surface area contributed by atoms with Gasteiger partial charge in [-0.15, -0.1) is 0 Å². The van der Waals surface area contributed by atoms with Gasteiger partial charge in [0.05, 0.1) is 0 Å². The minimum atomic E-state index is -0.399. The van der Waals surface area contributed by atoms with Gasteiger partial charge in [-0.25, -0.2) is 4.39 Å². The van der Waals surface area contributed by atoms with Crippen molar-refractivity contribution in [3.8, 4) is 0 Å². The molecule has 0 aliphatic heterocycles. The van der Waals surface area contributed by atoms with Crippen molar-refractivity contribution >= 4 is 0 Å². The van der Waals surface area contributed by atoms with Crippen LogP contribution in [0.5, 0.6) is 0 Å². The first kappa shape index (κ1) is 7.67. The molecule has 0 spiro atoms. The molecule has 0 aromatic heterocycles. The van der Waals surface area contributed by atoms with Crippen LogP contribution < -0.4 is 0 Å².